The monoisotopic (exact) mass is 226 g/mol. The minimum Gasteiger partial charge on any atom is -0.381 e. The quantitative estimate of drug-likeness (QED) is 0.517. The van der Waals surface area contributed by atoms with Crippen molar-refractivity contribution in [2.75, 3.05) is 20.2 Å². The first-order chi connectivity index (χ1) is 7.52. The largest absolute Gasteiger partial charge is 0.381 e. The maximum absolute atomic E-state index is 11.6. The van der Waals surface area contributed by atoms with E-state index in [0.717, 1.165) is 6.42 Å². The van der Waals surface area contributed by atoms with Crippen molar-refractivity contribution in [3.63, 3.8) is 0 Å². The smallest absolute Gasteiger partial charge is 0.234 e. The Morgan fingerprint density at radius 2 is 2.31 bits per heavy atom. The number of methoxy groups -OCH3 is 1. The van der Waals surface area contributed by atoms with Crippen molar-refractivity contribution in [2.45, 2.75) is 32.4 Å². The third kappa shape index (κ3) is 2.83. The van der Waals surface area contributed by atoms with Gasteiger partial charge in [0.25, 0.3) is 0 Å². The molecule has 92 valence electrons. The van der Waals surface area contributed by atoms with Crippen LogP contribution in [0.1, 0.15) is 20.3 Å². The van der Waals surface area contributed by atoms with Gasteiger partial charge in [0.15, 0.2) is 0 Å². The second-order valence-electron chi connectivity index (χ2n) is 4.82. The Labute approximate surface area is 97.4 Å². The van der Waals surface area contributed by atoms with Gasteiger partial charge in [0.05, 0.1) is 12.6 Å². The van der Waals surface area contributed by atoms with Crippen LogP contribution in [0, 0.1) is 5.41 Å². The summed E-state index contributed by atoms with van der Waals surface area (Å²) in [5, 5.41) is 5.99. The van der Waals surface area contributed by atoms with Crippen LogP contribution in [0.25, 0.3) is 0 Å². The van der Waals surface area contributed by atoms with E-state index in [0.29, 0.717) is 13.1 Å². The molecule has 1 aliphatic carbocycles. The minimum atomic E-state index is 0.0306. The van der Waals surface area contributed by atoms with Gasteiger partial charge in [0.2, 0.25) is 5.91 Å². The maximum atomic E-state index is 11.6. The summed E-state index contributed by atoms with van der Waals surface area (Å²) in [5.74, 6) is 0.0366. The lowest BCUT2D eigenvalue weighted by molar-refractivity contribution is -0.131. The molecule has 2 unspecified atom stereocenters. The fraction of sp³-hybridized carbons (Fsp3) is 0.750. The predicted molar refractivity (Wildman–Crippen MR) is 64.2 cm³/mol. The van der Waals surface area contributed by atoms with Crippen molar-refractivity contribution < 1.29 is 9.53 Å². The molecule has 4 heteroatoms. The van der Waals surface area contributed by atoms with Gasteiger partial charge < -0.3 is 15.4 Å². The number of hydrogen-bond acceptors (Lipinski definition) is 3. The first-order valence-electron chi connectivity index (χ1n) is 5.66. The molecule has 2 atom stereocenters. The summed E-state index contributed by atoms with van der Waals surface area (Å²) >= 11 is 0. The molecule has 0 heterocycles. The molecule has 1 rings (SSSR count). The standard InChI is InChI=1S/C12H22N2O2/c1-5-6-13-8-11(15)14-9-7-10(16-4)12(9,2)3/h5,9-10,13H,1,6-8H2,2-4H3,(H,14,15). The normalized spacial score (nSPS) is 26.9. The topological polar surface area (TPSA) is 50.4 Å². The molecule has 1 fully saturated rings. The van der Waals surface area contributed by atoms with Gasteiger partial charge in [-0.3, -0.25) is 4.79 Å². The molecule has 1 saturated carbocycles. The van der Waals surface area contributed by atoms with Crippen molar-refractivity contribution in [2.24, 2.45) is 5.41 Å². The van der Waals surface area contributed by atoms with Crippen LogP contribution in [0.15, 0.2) is 12.7 Å². The lowest BCUT2D eigenvalue weighted by Crippen LogP contribution is -2.62. The maximum Gasteiger partial charge on any atom is 0.234 e. The fourth-order valence-corrected chi connectivity index (χ4v) is 2.06. The van der Waals surface area contributed by atoms with Gasteiger partial charge in [-0.15, -0.1) is 6.58 Å². The highest BCUT2D eigenvalue weighted by molar-refractivity contribution is 5.78. The lowest BCUT2D eigenvalue weighted by Gasteiger charge is -2.51. The molecular formula is C12H22N2O2. The van der Waals surface area contributed by atoms with Crippen LogP contribution < -0.4 is 10.6 Å². The van der Waals surface area contributed by atoms with E-state index in [9.17, 15) is 4.79 Å². The molecule has 4 nitrogen and oxygen atoms in total. The second-order valence-corrected chi connectivity index (χ2v) is 4.82. The highest BCUT2D eigenvalue weighted by Crippen LogP contribution is 2.42. The Morgan fingerprint density at radius 3 is 2.81 bits per heavy atom. The van der Waals surface area contributed by atoms with Crippen molar-refractivity contribution in [3.8, 4) is 0 Å². The van der Waals surface area contributed by atoms with Crippen molar-refractivity contribution in [1.82, 2.24) is 10.6 Å². The molecule has 0 spiro atoms. The van der Waals surface area contributed by atoms with Gasteiger partial charge in [-0.1, -0.05) is 19.9 Å². The highest BCUT2D eigenvalue weighted by atomic mass is 16.5. The molecular weight excluding hydrogens is 204 g/mol. The zero-order valence-electron chi connectivity index (χ0n) is 10.4. The van der Waals surface area contributed by atoms with Crippen LogP contribution in [-0.4, -0.2) is 38.3 Å². The molecule has 2 N–H and O–H groups in total. The highest BCUT2D eigenvalue weighted by Gasteiger charge is 2.49. The lowest BCUT2D eigenvalue weighted by atomic mass is 9.64. The van der Waals surface area contributed by atoms with Crippen LogP contribution in [0.2, 0.25) is 0 Å². The molecule has 0 bridgehead atoms. The van der Waals surface area contributed by atoms with Crippen LogP contribution in [0.5, 0.6) is 0 Å². The number of nitrogens with one attached hydrogen (secondary N) is 2. The Balaban J connectivity index is 2.28. The minimum absolute atomic E-state index is 0.0306. The summed E-state index contributed by atoms with van der Waals surface area (Å²) in [4.78, 5) is 11.6. The molecule has 0 aromatic rings. The molecule has 16 heavy (non-hydrogen) atoms. The summed E-state index contributed by atoms with van der Waals surface area (Å²) in [5.41, 5.74) is 0.0306. The Morgan fingerprint density at radius 1 is 1.62 bits per heavy atom. The van der Waals surface area contributed by atoms with Crippen LogP contribution in [0.4, 0.5) is 0 Å². The second kappa shape index (κ2) is 5.46. The van der Waals surface area contributed by atoms with E-state index in [1.54, 1.807) is 13.2 Å². The summed E-state index contributed by atoms with van der Waals surface area (Å²) < 4.78 is 5.33. The van der Waals surface area contributed by atoms with Gasteiger partial charge in [-0.05, 0) is 6.42 Å². The number of carbonyl (C=O) groups excluding carboxylic acids is 1. The summed E-state index contributed by atoms with van der Waals surface area (Å²) in [6.07, 6.45) is 2.89. The van der Waals surface area contributed by atoms with E-state index in [1.165, 1.54) is 0 Å². The van der Waals surface area contributed by atoms with E-state index in [1.807, 2.05) is 0 Å². The first kappa shape index (κ1) is 13.2. The molecule has 0 aromatic heterocycles. The van der Waals surface area contributed by atoms with Crippen LogP contribution >= 0.6 is 0 Å². The fourth-order valence-electron chi connectivity index (χ4n) is 2.06. The molecule has 0 radical (unpaired) electrons. The number of rotatable bonds is 6. The van der Waals surface area contributed by atoms with Crippen LogP contribution in [-0.2, 0) is 9.53 Å². The van der Waals surface area contributed by atoms with Gasteiger partial charge >= 0.3 is 0 Å². The van der Waals surface area contributed by atoms with Crippen molar-refractivity contribution >= 4 is 5.91 Å². The summed E-state index contributed by atoms with van der Waals surface area (Å²) in [7, 11) is 1.72. The summed E-state index contributed by atoms with van der Waals surface area (Å²) in [6.45, 7) is 8.81. The third-order valence-corrected chi connectivity index (χ3v) is 3.37. The average molecular weight is 226 g/mol. The van der Waals surface area contributed by atoms with Crippen LogP contribution in [0.3, 0.4) is 0 Å². The van der Waals surface area contributed by atoms with E-state index >= 15 is 0 Å². The van der Waals surface area contributed by atoms with E-state index < -0.39 is 0 Å². The molecule has 1 amide bonds. The zero-order chi connectivity index (χ0) is 12.2. The third-order valence-electron chi connectivity index (χ3n) is 3.37. The van der Waals surface area contributed by atoms with Gasteiger partial charge in [-0.2, -0.15) is 0 Å². The Kier molecular flexibility index (Phi) is 4.50. The first-order valence-corrected chi connectivity index (χ1v) is 5.66. The van der Waals surface area contributed by atoms with Crippen molar-refractivity contribution in [3.05, 3.63) is 12.7 Å². The summed E-state index contributed by atoms with van der Waals surface area (Å²) in [6, 6.07) is 0.218. The predicted octanol–water partition coefficient (Wildman–Crippen LogP) is 0.692. The molecule has 0 aliphatic heterocycles. The number of amides is 1. The molecule has 1 aliphatic rings. The van der Waals surface area contributed by atoms with E-state index in [2.05, 4.69) is 31.1 Å². The average Bonchev–Trinajstić information content (AvgIpc) is 2.24. The van der Waals surface area contributed by atoms with Crippen molar-refractivity contribution in [1.29, 1.82) is 0 Å². The van der Waals surface area contributed by atoms with Gasteiger partial charge in [0, 0.05) is 25.1 Å². The Hall–Kier alpha value is -0.870. The number of carbonyl (C=O) groups is 1. The van der Waals surface area contributed by atoms with Gasteiger partial charge in [-0.25, -0.2) is 0 Å². The van der Waals surface area contributed by atoms with E-state index in [4.69, 9.17) is 4.74 Å². The number of ether oxygens (including phenoxy) is 1. The number of hydrogen-bond donors (Lipinski definition) is 2. The van der Waals surface area contributed by atoms with Gasteiger partial charge in [0.1, 0.15) is 0 Å². The zero-order valence-corrected chi connectivity index (χ0v) is 10.4. The SMILES string of the molecule is C=CCNCC(=O)NC1CC(OC)C1(C)C. The van der Waals surface area contributed by atoms with E-state index in [-0.39, 0.29) is 23.5 Å². The Bertz CT molecular complexity index is 264. The molecule has 0 aromatic carbocycles. The molecule has 0 saturated heterocycles.